The lowest BCUT2D eigenvalue weighted by molar-refractivity contribution is 0.417. The van der Waals surface area contributed by atoms with Crippen molar-refractivity contribution in [3.63, 3.8) is 0 Å². The molecule has 2 rings (SSSR count). The largest absolute Gasteiger partial charge is 0.495 e. The first-order chi connectivity index (χ1) is 8.60. The van der Waals surface area contributed by atoms with Crippen LogP contribution >= 0.6 is 11.3 Å². The van der Waals surface area contributed by atoms with Crippen molar-refractivity contribution in [2.45, 2.75) is 13.5 Å². The number of methoxy groups -OCH3 is 1. The minimum Gasteiger partial charge on any atom is -0.495 e. The molecule has 0 bridgehead atoms. The van der Waals surface area contributed by atoms with Gasteiger partial charge in [-0.2, -0.15) is 0 Å². The van der Waals surface area contributed by atoms with Crippen LogP contribution in [0.4, 0.5) is 11.4 Å². The number of rotatable bonds is 4. The van der Waals surface area contributed by atoms with Crippen LogP contribution in [0.15, 0.2) is 23.6 Å². The Balaban J connectivity index is 2.15. The first-order valence-corrected chi connectivity index (χ1v) is 6.54. The van der Waals surface area contributed by atoms with Gasteiger partial charge < -0.3 is 15.4 Å². The Morgan fingerprint density at radius 3 is 2.83 bits per heavy atom. The number of hydrogen-bond donors (Lipinski definition) is 1. The number of nitrogens with zero attached hydrogens (tertiary/aromatic N) is 2. The van der Waals surface area contributed by atoms with Crippen molar-refractivity contribution in [2.24, 2.45) is 0 Å². The van der Waals surface area contributed by atoms with Gasteiger partial charge in [0.15, 0.2) is 0 Å². The van der Waals surface area contributed by atoms with Gasteiger partial charge >= 0.3 is 0 Å². The summed E-state index contributed by atoms with van der Waals surface area (Å²) in [5.74, 6) is 0.703. The Labute approximate surface area is 111 Å². The van der Waals surface area contributed by atoms with E-state index >= 15 is 0 Å². The molecule has 0 aliphatic rings. The van der Waals surface area contributed by atoms with Gasteiger partial charge in [0.25, 0.3) is 0 Å². The monoisotopic (exact) mass is 263 g/mol. The van der Waals surface area contributed by atoms with Gasteiger partial charge in [0.1, 0.15) is 5.75 Å². The summed E-state index contributed by atoms with van der Waals surface area (Å²) in [6, 6.07) is 5.78. The van der Waals surface area contributed by atoms with Gasteiger partial charge in [-0.05, 0) is 19.1 Å². The minimum atomic E-state index is 0.652. The molecule has 0 aliphatic carbocycles. The first kappa shape index (κ1) is 12.7. The van der Waals surface area contributed by atoms with Crippen LogP contribution in [0.1, 0.15) is 10.7 Å². The fraction of sp³-hybridized carbons (Fsp3) is 0.308. The zero-order valence-electron chi connectivity index (χ0n) is 10.8. The predicted molar refractivity (Wildman–Crippen MR) is 76.4 cm³/mol. The van der Waals surface area contributed by atoms with Gasteiger partial charge in [0.2, 0.25) is 0 Å². The third kappa shape index (κ3) is 2.73. The van der Waals surface area contributed by atoms with Crippen molar-refractivity contribution in [3.8, 4) is 5.75 Å². The summed E-state index contributed by atoms with van der Waals surface area (Å²) in [6.45, 7) is 2.79. The Morgan fingerprint density at radius 2 is 2.22 bits per heavy atom. The summed E-state index contributed by atoms with van der Waals surface area (Å²) >= 11 is 1.67. The highest BCUT2D eigenvalue weighted by Gasteiger charge is 2.07. The molecule has 1 aromatic carbocycles. The molecule has 0 saturated heterocycles. The van der Waals surface area contributed by atoms with Crippen molar-refractivity contribution >= 4 is 22.7 Å². The zero-order chi connectivity index (χ0) is 13.1. The van der Waals surface area contributed by atoms with Crippen molar-refractivity contribution in [2.75, 3.05) is 24.8 Å². The molecule has 0 radical (unpaired) electrons. The van der Waals surface area contributed by atoms with Crippen molar-refractivity contribution in [1.29, 1.82) is 0 Å². The third-order valence-electron chi connectivity index (χ3n) is 2.72. The second-order valence-electron chi connectivity index (χ2n) is 4.14. The lowest BCUT2D eigenvalue weighted by Gasteiger charge is -2.19. The normalized spacial score (nSPS) is 10.4. The average molecular weight is 263 g/mol. The number of thiazole rings is 1. The van der Waals surface area contributed by atoms with E-state index in [2.05, 4.69) is 15.3 Å². The topological polar surface area (TPSA) is 51.4 Å². The van der Waals surface area contributed by atoms with Crippen LogP contribution in [0.3, 0.4) is 0 Å². The van der Waals surface area contributed by atoms with Gasteiger partial charge in [0.05, 0.1) is 30.0 Å². The summed E-state index contributed by atoms with van der Waals surface area (Å²) in [4.78, 5) is 6.58. The number of nitrogens with two attached hydrogens (primary N) is 1. The van der Waals surface area contributed by atoms with Gasteiger partial charge in [-0.15, -0.1) is 11.3 Å². The van der Waals surface area contributed by atoms with Crippen LogP contribution in [-0.2, 0) is 6.54 Å². The van der Waals surface area contributed by atoms with Gasteiger partial charge in [-0.25, -0.2) is 4.98 Å². The van der Waals surface area contributed by atoms with E-state index < -0.39 is 0 Å². The SMILES string of the molecule is COc1cc(N(C)Cc2csc(C)n2)ccc1N. The number of nitrogen functional groups attached to an aromatic ring is 1. The van der Waals surface area contributed by atoms with Crippen molar-refractivity contribution in [1.82, 2.24) is 4.98 Å². The number of hydrogen-bond acceptors (Lipinski definition) is 5. The molecule has 0 unspecified atom stereocenters. The van der Waals surface area contributed by atoms with Gasteiger partial charge in [-0.3, -0.25) is 0 Å². The van der Waals surface area contributed by atoms with E-state index in [4.69, 9.17) is 10.5 Å². The van der Waals surface area contributed by atoms with E-state index in [1.165, 1.54) is 0 Å². The number of aryl methyl sites for hydroxylation is 1. The van der Waals surface area contributed by atoms with E-state index in [1.54, 1.807) is 18.4 Å². The maximum absolute atomic E-state index is 5.80. The molecule has 96 valence electrons. The van der Waals surface area contributed by atoms with Crippen LogP contribution in [0, 0.1) is 6.92 Å². The number of ether oxygens (including phenoxy) is 1. The van der Waals surface area contributed by atoms with E-state index in [1.807, 2.05) is 32.2 Å². The maximum Gasteiger partial charge on any atom is 0.143 e. The van der Waals surface area contributed by atoms with Gasteiger partial charge in [-0.1, -0.05) is 0 Å². The van der Waals surface area contributed by atoms with Gasteiger partial charge in [0, 0.05) is 24.2 Å². The van der Waals surface area contributed by atoms with Crippen molar-refractivity contribution < 1.29 is 4.74 Å². The van der Waals surface area contributed by atoms with E-state index in [0.717, 1.165) is 22.9 Å². The van der Waals surface area contributed by atoms with Crippen LogP contribution in [0.5, 0.6) is 5.75 Å². The number of aromatic nitrogens is 1. The fourth-order valence-corrected chi connectivity index (χ4v) is 2.36. The highest BCUT2D eigenvalue weighted by Crippen LogP contribution is 2.27. The Kier molecular flexibility index (Phi) is 3.72. The molecule has 1 aromatic heterocycles. The molecule has 4 nitrogen and oxygen atoms in total. The molecule has 0 fully saturated rings. The molecule has 18 heavy (non-hydrogen) atoms. The molecule has 0 amide bonds. The highest BCUT2D eigenvalue weighted by atomic mass is 32.1. The Hall–Kier alpha value is -1.75. The van der Waals surface area contributed by atoms with Crippen LogP contribution in [0.25, 0.3) is 0 Å². The second-order valence-corrected chi connectivity index (χ2v) is 5.20. The molecule has 0 spiro atoms. The highest BCUT2D eigenvalue weighted by molar-refractivity contribution is 7.09. The predicted octanol–water partition coefficient (Wildman–Crippen LogP) is 2.68. The molecule has 0 saturated carbocycles. The van der Waals surface area contributed by atoms with E-state index in [0.29, 0.717) is 11.4 Å². The summed E-state index contributed by atoms with van der Waals surface area (Å²) in [5, 5.41) is 3.17. The average Bonchev–Trinajstić information content (AvgIpc) is 2.75. The zero-order valence-corrected chi connectivity index (χ0v) is 11.6. The molecular formula is C13H17N3OS. The molecular weight excluding hydrogens is 246 g/mol. The van der Waals surface area contributed by atoms with Crippen LogP contribution in [-0.4, -0.2) is 19.1 Å². The Bertz CT molecular complexity index is 539. The van der Waals surface area contributed by atoms with E-state index in [-0.39, 0.29) is 0 Å². The maximum atomic E-state index is 5.80. The van der Waals surface area contributed by atoms with Crippen molar-refractivity contribution in [3.05, 3.63) is 34.3 Å². The third-order valence-corrected chi connectivity index (χ3v) is 3.55. The lowest BCUT2D eigenvalue weighted by atomic mass is 10.2. The first-order valence-electron chi connectivity index (χ1n) is 5.66. The molecule has 2 N–H and O–H groups in total. The Morgan fingerprint density at radius 1 is 1.44 bits per heavy atom. The summed E-state index contributed by atoms with van der Waals surface area (Å²) < 4.78 is 5.22. The molecule has 5 heteroatoms. The molecule has 1 heterocycles. The molecule has 0 aliphatic heterocycles. The number of benzene rings is 1. The fourth-order valence-electron chi connectivity index (χ4n) is 1.75. The molecule has 0 atom stereocenters. The summed E-state index contributed by atoms with van der Waals surface area (Å²) in [6.07, 6.45) is 0. The van der Waals surface area contributed by atoms with Crippen LogP contribution in [0.2, 0.25) is 0 Å². The van der Waals surface area contributed by atoms with E-state index in [9.17, 15) is 0 Å². The second kappa shape index (κ2) is 5.27. The lowest BCUT2D eigenvalue weighted by Crippen LogP contribution is -2.16. The summed E-state index contributed by atoms with van der Waals surface area (Å²) in [5.41, 5.74) is 8.60. The summed E-state index contributed by atoms with van der Waals surface area (Å²) in [7, 11) is 3.65. The van der Waals surface area contributed by atoms with Crippen LogP contribution < -0.4 is 15.4 Å². The minimum absolute atomic E-state index is 0.652. The quantitative estimate of drug-likeness (QED) is 0.862. The standard InChI is InChI=1S/C13H17N3OS/c1-9-15-10(8-18-9)7-16(2)11-4-5-12(14)13(6-11)17-3/h4-6,8H,7,14H2,1-3H3. The smallest absolute Gasteiger partial charge is 0.143 e. The number of anilines is 2. The molecule has 2 aromatic rings.